The van der Waals surface area contributed by atoms with Crippen molar-refractivity contribution < 1.29 is 27.8 Å². The molecule has 62 heavy (non-hydrogen) atoms. The molecule has 11 rings (SSSR count). The Kier molecular flexibility index (Phi) is 9.41. The first kappa shape index (κ1) is 38.2. The van der Waals surface area contributed by atoms with E-state index in [1.807, 2.05) is 62.5 Å². The van der Waals surface area contributed by atoms with Crippen LogP contribution in [0.15, 0.2) is 91.9 Å². The molecule has 0 radical (unpaired) electrons. The molecule has 8 heterocycles. The van der Waals surface area contributed by atoms with Crippen molar-refractivity contribution in [1.29, 1.82) is 0 Å². The number of anilines is 1. The number of fused-ring (bicyclic) bond motifs is 8. The maximum atomic E-state index is 15.1. The highest BCUT2D eigenvalue weighted by Gasteiger charge is 2.45. The van der Waals surface area contributed by atoms with Crippen molar-refractivity contribution in [2.24, 2.45) is 7.05 Å². The van der Waals surface area contributed by atoms with Crippen molar-refractivity contribution in [1.82, 2.24) is 54.2 Å². The zero-order chi connectivity index (χ0) is 42.1. The van der Waals surface area contributed by atoms with E-state index in [1.54, 1.807) is 12.5 Å². The molecule has 1 N–H and O–H groups in total. The molecule has 4 aromatic heterocycles. The first-order chi connectivity index (χ1) is 30.2. The number of morpholine rings is 1. The Morgan fingerprint density at radius 2 is 1.84 bits per heavy atom. The van der Waals surface area contributed by atoms with Crippen LogP contribution in [0.25, 0.3) is 38.8 Å². The van der Waals surface area contributed by atoms with E-state index in [-0.39, 0.29) is 48.8 Å². The van der Waals surface area contributed by atoms with Crippen LogP contribution in [0.3, 0.4) is 0 Å². The van der Waals surface area contributed by atoms with Gasteiger partial charge in [0.25, 0.3) is 0 Å². The summed E-state index contributed by atoms with van der Waals surface area (Å²) in [5.41, 5.74) is 3.90. The minimum Gasteiger partial charge on any atom is -0.488 e. The standard InChI is InChI=1S/C44H42F2N12O4/c1-53-25-47-18-28(53)16-36-44(60)55-22-39-40(23-55)61-13-12-54(39)10-11-56-21-33-31(6-3-7-35(33)52-56)26-4-2-5-29(14-26)62-30-17-38(43(59)51-36)57(20-30)41-32-19-50-58(42(32)49-24-48-41)37-9-8-27(45)15-34(37)46/h2-9,14-15,18-19,21,24-25,30,36,38-40H,10-13,16-17,20,22-23H2,1H3,(H,51,59)/t30-,36-,38-,39-,40+/m0/s1. The lowest BCUT2D eigenvalue weighted by molar-refractivity contribution is -0.136. The molecule has 8 bridgehead atoms. The third kappa shape index (κ3) is 6.78. The number of amides is 2. The monoisotopic (exact) mass is 840 g/mol. The first-order valence-corrected chi connectivity index (χ1v) is 20.8. The minimum absolute atomic E-state index is 0.00341. The highest BCUT2D eigenvalue weighted by Crippen LogP contribution is 2.35. The van der Waals surface area contributed by atoms with Crippen LogP contribution in [0.2, 0.25) is 0 Å². The van der Waals surface area contributed by atoms with E-state index in [9.17, 15) is 14.0 Å². The zero-order valence-corrected chi connectivity index (χ0v) is 33.7. The molecule has 4 aliphatic heterocycles. The molecule has 5 atom stereocenters. The predicted molar refractivity (Wildman–Crippen MR) is 222 cm³/mol. The van der Waals surface area contributed by atoms with Gasteiger partial charge in [-0.15, -0.1) is 0 Å². The fourth-order valence-electron chi connectivity index (χ4n) is 9.57. The number of benzene rings is 3. The van der Waals surface area contributed by atoms with E-state index in [0.29, 0.717) is 43.2 Å². The molecule has 4 aliphatic rings. The van der Waals surface area contributed by atoms with Gasteiger partial charge in [0.1, 0.15) is 47.6 Å². The number of nitrogens with zero attached hydrogens (tertiary/aromatic N) is 11. The average molecular weight is 841 g/mol. The Morgan fingerprint density at radius 1 is 0.935 bits per heavy atom. The van der Waals surface area contributed by atoms with Crippen molar-refractivity contribution in [3.05, 3.63) is 109 Å². The molecule has 0 aliphatic carbocycles. The summed E-state index contributed by atoms with van der Waals surface area (Å²) < 4.78 is 47.1. The normalized spacial score (nSPS) is 23.2. The van der Waals surface area contributed by atoms with Crippen molar-refractivity contribution in [3.63, 3.8) is 0 Å². The number of imidazole rings is 1. The number of carbonyl (C=O) groups excluding carboxylic acids is 2. The Bertz CT molecular complexity index is 2860. The van der Waals surface area contributed by atoms with E-state index < -0.39 is 35.7 Å². The number of nitrogens with one attached hydrogen (secondary N) is 1. The lowest BCUT2D eigenvalue weighted by Crippen LogP contribution is -2.54. The minimum atomic E-state index is -0.932. The van der Waals surface area contributed by atoms with Crippen molar-refractivity contribution in [2.45, 2.75) is 49.7 Å². The summed E-state index contributed by atoms with van der Waals surface area (Å²) in [5.74, 6) is -1.15. The molecule has 3 saturated heterocycles. The Labute approximate surface area is 353 Å². The molecule has 0 spiro atoms. The fraction of sp³-hybridized carbons (Fsp3) is 0.341. The molecule has 2 amide bonds. The zero-order valence-electron chi connectivity index (χ0n) is 33.7. The van der Waals surface area contributed by atoms with Crippen LogP contribution in [0.1, 0.15) is 12.1 Å². The van der Waals surface area contributed by atoms with Crippen molar-refractivity contribution >= 4 is 39.6 Å². The van der Waals surface area contributed by atoms with Crippen LogP contribution in [0, 0.1) is 11.6 Å². The maximum absolute atomic E-state index is 15.1. The topological polar surface area (TPSA) is 154 Å². The molecule has 3 aromatic carbocycles. The van der Waals surface area contributed by atoms with Crippen molar-refractivity contribution in [2.75, 3.05) is 44.2 Å². The number of aryl methyl sites for hydroxylation is 1. The van der Waals surface area contributed by atoms with Gasteiger partial charge in [0, 0.05) is 75.6 Å². The van der Waals surface area contributed by atoms with Gasteiger partial charge in [-0.05, 0) is 41.5 Å². The van der Waals surface area contributed by atoms with Crippen LogP contribution in [0.5, 0.6) is 5.75 Å². The molecular formula is C44H42F2N12O4. The third-order valence-electron chi connectivity index (χ3n) is 12.7. The summed E-state index contributed by atoms with van der Waals surface area (Å²) >= 11 is 0. The van der Waals surface area contributed by atoms with E-state index >= 15 is 4.39 Å². The Balaban J connectivity index is 0.999. The molecule has 316 valence electrons. The number of halogens is 2. The smallest absolute Gasteiger partial charge is 0.245 e. The van der Waals surface area contributed by atoms with E-state index in [4.69, 9.17) is 14.6 Å². The molecular weight excluding hydrogens is 799 g/mol. The largest absolute Gasteiger partial charge is 0.488 e. The summed E-state index contributed by atoms with van der Waals surface area (Å²) in [6.07, 6.45) is 8.07. The van der Waals surface area contributed by atoms with Gasteiger partial charge in [0.2, 0.25) is 11.8 Å². The number of carbonyl (C=O) groups is 2. The van der Waals surface area contributed by atoms with Gasteiger partial charge in [-0.2, -0.15) is 10.2 Å². The summed E-state index contributed by atoms with van der Waals surface area (Å²) in [6.45, 7) is 3.74. The number of hydrogen-bond acceptors (Lipinski definition) is 11. The predicted octanol–water partition coefficient (Wildman–Crippen LogP) is 3.52. The second kappa shape index (κ2) is 15.3. The van der Waals surface area contributed by atoms with Crippen molar-refractivity contribution in [3.8, 4) is 22.6 Å². The first-order valence-electron chi connectivity index (χ1n) is 20.8. The van der Waals surface area contributed by atoms with E-state index in [0.717, 1.165) is 52.9 Å². The SMILES string of the molecule is Cn1cncc1C[C@@H]1NC(=O)[C@@H]2C[C@@H](CN2c2ncnc3c2cnn3-c2ccc(F)cc2F)Oc2cccc(c2)-c2cccc3nn(cc23)CCN2CCO[C@@H]3CN(C[C@@H]32)C1=O. The number of ether oxygens (including phenoxy) is 2. The van der Waals surface area contributed by atoms with Gasteiger partial charge in [0.15, 0.2) is 11.5 Å². The molecule has 18 heteroatoms. The molecule has 7 aromatic rings. The second-order valence-electron chi connectivity index (χ2n) is 16.4. The maximum Gasteiger partial charge on any atom is 0.245 e. The highest BCUT2D eigenvalue weighted by molar-refractivity contribution is 5.96. The highest BCUT2D eigenvalue weighted by atomic mass is 19.1. The summed E-state index contributed by atoms with van der Waals surface area (Å²) in [7, 11) is 1.86. The second-order valence-corrected chi connectivity index (χ2v) is 16.4. The quantitative estimate of drug-likeness (QED) is 0.277. The van der Waals surface area contributed by atoms with E-state index in [2.05, 4.69) is 42.5 Å². The van der Waals surface area contributed by atoms with Gasteiger partial charge in [-0.3, -0.25) is 19.2 Å². The summed E-state index contributed by atoms with van der Waals surface area (Å²) in [4.78, 5) is 49.1. The third-order valence-corrected chi connectivity index (χ3v) is 12.7. The van der Waals surface area contributed by atoms with Gasteiger partial charge in [-0.1, -0.05) is 24.3 Å². The number of rotatable bonds is 4. The van der Waals surface area contributed by atoms with Gasteiger partial charge < -0.3 is 29.2 Å². The Morgan fingerprint density at radius 3 is 2.71 bits per heavy atom. The summed E-state index contributed by atoms with van der Waals surface area (Å²) in [6, 6.07) is 15.4. The lowest BCUT2D eigenvalue weighted by atomic mass is 10.0. The molecule has 16 nitrogen and oxygen atoms in total. The number of aromatic nitrogens is 8. The number of hydrogen-bond donors (Lipinski definition) is 1. The Hall–Kier alpha value is -6.79. The summed E-state index contributed by atoms with van der Waals surface area (Å²) in [5, 5.41) is 14.0. The molecule has 0 saturated carbocycles. The van der Waals surface area contributed by atoms with Crippen LogP contribution >= 0.6 is 0 Å². The van der Waals surface area contributed by atoms with Crippen LogP contribution < -0.4 is 15.0 Å². The van der Waals surface area contributed by atoms with Gasteiger partial charge in [-0.25, -0.2) is 28.4 Å². The lowest BCUT2D eigenvalue weighted by Gasteiger charge is -2.36. The van der Waals surface area contributed by atoms with Gasteiger partial charge >= 0.3 is 0 Å². The van der Waals surface area contributed by atoms with Crippen LogP contribution in [-0.4, -0.2) is 130 Å². The van der Waals surface area contributed by atoms with E-state index in [1.165, 1.54) is 23.3 Å². The van der Waals surface area contributed by atoms with Gasteiger partial charge in [0.05, 0.1) is 55.3 Å². The molecule has 3 fully saturated rings. The van der Waals surface area contributed by atoms with Crippen LogP contribution in [0.4, 0.5) is 14.6 Å². The fourth-order valence-corrected chi connectivity index (χ4v) is 9.57. The van der Waals surface area contributed by atoms with Crippen LogP contribution in [-0.2, 0) is 34.3 Å². The average Bonchev–Trinajstić information content (AvgIpc) is 4.13. The molecule has 0 unspecified atom stereocenters.